The van der Waals surface area contributed by atoms with Gasteiger partial charge in [-0.1, -0.05) is 18.7 Å². The van der Waals surface area contributed by atoms with Gasteiger partial charge in [0.1, 0.15) is 17.7 Å². The first-order valence-electron chi connectivity index (χ1n) is 5.60. The quantitative estimate of drug-likeness (QED) is 0.363. The van der Waals surface area contributed by atoms with E-state index in [4.69, 9.17) is 20.0 Å². The number of benzene rings is 1. The van der Waals surface area contributed by atoms with Gasteiger partial charge in [-0.15, -0.1) is 0 Å². The molecular formula is C15H12N2O3. The van der Waals surface area contributed by atoms with Crippen LogP contribution in [0.15, 0.2) is 35.9 Å². The average molecular weight is 268 g/mol. The smallest absolute Gasteiger partial charge is 0.338 e. The number of nitriles is 2. The lowest BCUT2D eigenvalue weighted by Crippen LogP contribution is -2.10. The molecule has 0 amide bonds. The molecule has 0 radical (unpaired) electrons. The van der Waals surface area contributed by atoms with Crippen LogP contribution in [0.2, 0.25) is 0 Å². The lowest BCUT2D eigenvalue weighted by molar-refractivity contribution is -0.130. The molecule has 0 spiro atoms. The summed E-state index contributed by atoms with van der Waals surface area (Å²) in [5.74, 6) is -0.144. The molecule has 0 N–H and O–H groups in total. The summed E-state index contributed by atoms with van der Waals surface area (Å²) in [6.45, 7) is 5.01. The summed E-state index contributed by atoms with van der Waals surface area (Å²) in [5, 5.41) is 17.6. The van der Waals surface area contributed by atoms with Crippen LogP contribution in [0.25, 0.3) is 6.08 Å². The van der Waals surface area contributed by atoms with Gasteiger partial charge in [-0.2, -0.15) is 10.5 Å². The number of carbonyl (C=O) groups excluding carboxylic acids is 1. The van der Waals surface area contributed by atoms with E-state index < -0.39 is 5.97 Å². The molecule has 5 nitrogen and oxygen atoms in total. The SMILES string of the molecule is C=C(C)C(=O)Oc1c(C=C(C#N)C#N)cccc1OC. The minimum atomic E-state index is -0.611. The van der Waals surface area contributed by atoms with Gasteiger partial charge < -0.3 is 9.47 Å². The molecule has 0 atom stereocenters. The zero-order valence-corrected chi connectivity index (χ0v) is 11.1. The summed E-state index contributed by atoms with van der Waals surface area (Å²) in [5.41, 5.74) is 0.523. The molecule has 0 aliphatic carbocycles. The number of rotatable bonds is 4. The third-order valence-corrected chi connectivity index (χ3v) is 2.31. The fourth-order valence-electron chi connectivity index (χ4n) is 1.34. The van der Waals surface area contributed by atoms with Crippen molar-refractivity contribution in [1.82, 2.24) is 0 Å². The van der Waals surface area contributed by atoms with Gasteiger partial charge in [0.25, 0.3) is 0 Å². The van der Waals surface area contributed by atoms with Gasteiger partial charge in [-0.05, 0) is 19.1 Å². The molecule has 0 fully saturated rings. The third kappa shape index (κ3) is 3.47. The third-order valence-electron chi connectivity index (χ3n) is 2.31. The van der Waals surface area contributed by atoms with Crippen LogP contribution in [0.5, 0.6) is 11.5 Å². The molecule has 5 heteroatoms. The van der Waals surface area contributed by atoms with E-state index in [2.05, 4.69) is 6.58 Å². The Morgan fingerprint density at radius 3 is 2.50 bits per heavy atom. The van der Waals surface area contributed by atoms with Gasteiger partial charge in [-0.3, -0.25) is 0 Å². The van der Waals surface area contributed by atoms with Gasteiger partial charge in [0.05, 0.1) is 7.11 Å². The fourth-order valence-corrected chi connectivity index (χ4v) is 1.34. The minimum absolute atomic E-state index is 0.106. The molecule has 0 aliphatic heterocycles. The van der Waals surface area contributed by atoms with Crippen LogP contribution in [0.1, 0.15) is 12.5 Å². The first-order valence-corrected chi connectivity index (χ1v) is 5.60. The lowest BCUT2D eigenvalue weighted by atomic mass is 10.1. The van der Waals surface area contributed by atoms with Crippen LogP contribution < -0.4 is 9.47 Å². The van der Waals surface area contributed by atoms with Crippen LogP contribution >= 0.6 is 0 Å². The van der Waals surface area contributed by atoms with E-state index in [1.165, 1.54) is 20.1 Å². The summed E-state index contributed by atoms with van der Waals surface area (Å²) in [6, 6.07) is 8.36. The van der Waals surface area contributed by atoms with Crippen molar-refractivity contribution in [1.29, 1.82) is 10.5 Å². The topological polar surface area (TPSA) is 83.1 Å². The molecule has 0 unspecified atom stereocenters. The number of ether oxygens (including phenoxy) is 2. The van der Waals surface area contributed by atoms with Crippen molar-refractivity contribution in [3.63, 3.8) is 0 Å². The summed E-state index contributed by atoms with van der Waals surface area (Å²) >= 11 is 0. The number of esters is 1. The van der Waals surface area contributed by atoms with Crippen molar-refractivity contribution >= 4 is 12.0 Å². The van der Waals surface area contributed by atoms with Gasteiger partial charge in [-0.25, -0.2) is 4.79 Å². The van der Waals surface area contributed by atoms with Crippen molar-refractivity contribution in [3.8, 4) is 23.6 Å². The van der Waals surface area contributed by atoms with E-state index in [1.807, 2.05) is 0 Å². The van der Waals surface area contributed by atoms with Gasteiger partial charge in [0.2, 0.25) is 0 Å². The number of nitrogens with zero attached hydrogens (tertiary/aromatic N) is 2. The Morgan fingerprint density at radius 2 is 2.00 bits per heavy atom. The summed E-state index contributed by atoms with van der Waals surface area (Å²) < 4.78 is 10.3. The Hall–Kier alpha value is -3.05. The lowest BCUT2D eigenvalue weighted by Gasteiger charge is -2.11. The predicted molar refractivity (Wildman–Crippen MR) is 72.6 cm³/mol. The van der Waals surface area contributed by atoms with E-state index in [0.717, 1.165) is 0 Å². The number of hydrogen-bond acceptors (Lipinski definition) is 5. The van der Waals surface area contributed by atoms with Crippen molar-refractivity contribution in [2.45, 2.75) is 6.92 Å². The monoisotopic (exact) mass is 268 g/mol. The zero-order chi connectivity index (χ0) is 15.1. The van der Waals surface area contributed by atoms with Crippen LogP contribution in [0.4, 0.5) is 0 Å². The molecule has 0 saturated heterocycles. The molecule has 0 bridgehead atoms. The first-order chi connectivity index (χ1) is 9.53. The number of methoxy groups -OCH3 is 1. The predicted octanol–water partition coefficient (Wildman–Crippen LogP) is 2.61. The van der Waals surface area contributed by atoms with Crippen LogP contribution in [0.3, 0.4) is 0 Å². The number of carbonyl (C=O) groups is 1. The Balaban J connectivity index is 3.36. The second kappa shape index (κ2) is 6.77. The maximum atomic E-state index is 11.6. The van der Waals surface area contributed by atoms with E-state index in [-0.39, 0.29) is 16.9 Å². The number of hydrogen-bond donors (Lipinski definition) is 0. The molecule has 20 heavy (non-hydrogen) atoms. The van der Waals surface area contributed by atoms with E-state index in [9.17, 15) is 4.79 Å². The van der Waals surface area contributed by atoms with Gasteiger partial charge in [0, 0.05) is 11.1 Å². The minimum Gasteiger partial charge on any atom is -0.493 e. The van der Waals surface area contributed by atoms with E-state index in [0.29, 0.717) is 11.3 Å². The number of para-hydroxylation sites is 1. The highest BCUT2D eigenvalue weighted by molar-refractivity contribution is 5.90. The Labute approximate surface area is 117 Å². The molecule has 0 aromatic heterocycles. The van der Waals surface area contributed by atoms with Gasteiger partial charge >= 0.3 is 5.97 Å². The first kappa shape index (κ1) is 15.0. The van der Waals surface area contributed by atoms with Crippen LogP contribution in [0, 0.1) is 22.7 Å². The van der Waals surface area contributed by atoms with Gasteiger partial charge in [0.15, 0.2) is 11.5 Å². The largest absolute Gasteiger partial charge is 0.493 e. The normalized spacial score (nSPS) is 8.80. The van der Waals surface area contributed by atoms with Crippen molar-refractivity contribution in [2.24, 2.45) is 0 Å². The second-order valence-electron chi connectivity index (χ2n) is 3.83. The van der Waals surface area contributed by atoms with Crippen molar-refractivity contribution in [2.75, 3.05) is 7.11 Å². The van der Waals surface area contributed by atoms with E-state index >= 15 is 0 Å². The Kier molecular flexibility index (Phi) is 5.08. The molecule has 1 aromatic rings. The highest BCUT2D eigenvalue weighted by Crippen LogP contribution is 2.33. The van der Waals surface area contributed by atoms with Crippen LogP contribution in [-0.2, 0) is 4.79 Å². The number of allylic oxidation sites excluding steroid dienone is 1. The van der Waals surface area contributed by atoms with Crippen LogP contribution in [-0.4, -0.2) is 13.1 Å². The molecule has 100 valence electrons. The Bertz CT molecular complexity index is 645. The molecule has 1 rings (SSSR count). The molecule has 0 aliphatic rings. The zero-order valence-electron chi connectivity index (χ0n) is 11.1. The molecule has 0 saturated carbocycles. The van der Waals surface area contributed by atoms with Crippen molar-refractivity contribution in [3.05, 3.63) is 41.5 Å². The molecule has 1 aromatic carbocycles. The maximum absolute atomic E-state index is 11.6. The summed E-state index contributed by atoms with van der Waals surface area (Å²) in [4.78, 5) is 11.6. The van der Waals surface area contributed by atoms with Crippen molar-refractivity contribution < 1.29 is 14.3 Å². The maximum Gasteiger partial charge on any atom is 0.338 e. The summed E-state index contributed by atoms with van der Waals surface area (Å²) in [7, 11) is 1.43. The highest BCUT2D eigenvalue weighted by atomic mass is 16.6. The van der Waals surface area contributed by atoms with E-state index in [1.54, 1.807) is 30.3 Å². The average Bonchev–Trinajstić information content (AvgIpc) is 2.45. The summed E-state index contributed by atoms with van der Waals surface area (Å²) in [6.07, 6.45) is 1.32. The molecular weight excluding hydrogens is 256 g/mol. The molecule has 0 heterocycles. The fraction of sp³-hybridized carbons (Fsp3) is 0.133. The highest BCUT2D eigenvalue weighted by Gasteiger charge is 2.14. The Morgan fingerprint density at radius 1 is 1.35 bits per heavy atom. The standard InChI is InChI=1S/C15H12N2O3/c1-10(2)15(18)20-14-12(7-11(8-16)9-17)5-4-6-13(14)19-3/h4-7H,1H2,2-3H3. The second-order valence-corrected chi connectivity index (χ2v) is 3.83.